The molecule has 20 heavy (non-hydrogen) atoms. The van der Waals surface area contributed by atoms with Gasteiger partial charge < -0.3 is 10.4 Å². The van der Waals surface area contributed by atoms with E-state index in [-0.39, 0.29) is 17.4 Å². The highest BCUT2D eigenvalue weighted by Gasteiger charge is 2.16. The van der Waals surface area contributed by atoms with Crippen molar-refractivity contribution in [2.24, 2.45) is 5.92 Å². The summed E-state index contributed by atoms with van der Waals surface area (Å²) in [6, 6.07) is 3.28. The van der Waals surface area contributed by atoms with Gasteiger partial charge in [-0.05, 0) is 44.4 Å². The van der Waals surface area contributed by atoms with Crippen LogP contribution >= 0.6 is 0 Å². The molecule has 0 bridgehead atoms. The van der Waals surface area contributed by atoms with E-state index in [4.69, 9.17) is 5.11 Å². The predicted octanol–water partition coefficient (Wildman–Crippen LogP) is 3.54. The highest BCUT2D eigenvalue weighted by molar-refractivity contribution is 5.96. The monoisotopic (exact) mass is 275 g/mol. The number of carboxylic acids is 1. The Bertz CT molecular complexity index is 561. The lowest BCUT2D eigenvalue weighted by Crippen LogP contribution is -2.21. The maximum Gasteiger partial charge on any atom is 0.336 e. The summed E-state index contributed by atoms with van der Waals surface area (Å²) in [5, 5.41) is 11.9. The largest absolute Gasteiger partial charge is 0.478 e. The first-order valence-corrected chi connectivity index (χ1v) is 6.52. The highest BCUT2D eigenvalue weighted by Crippen LogP contribution is 2.22. The second-order valence-corrected chi connectivity index (χ2v) is 5.34. The quantitative estimate of drug-likeness (QED) is 0.808. The van der Waals surface area contributed by atoms with Crippen molar-refractivity contribution in [3.05, 3.63) is 41.0 Å². The van der Waals surface area contributed by atoms with Gasteiger partial charge in [-0.15, -0.1) is 6.58 Å². The van der Waals surface area contributed by atoms with Crippen LogP contribution in [0.2, 0.25) is 0 Å². The maximum atomic E-state index is 12.1. The van der Waals surface area contributed by atoms with Crippen molar-refractivity contribution in [1.29, 1.82) is 0 Å². The third-order valence-corrected chi connectivity index (χ3v) is 3.16. The fourth-order valence-corrected chi connectivity index (χ4v) is 2.09. The molecule has 0 heterocycles. The average molecular weight is 275 g/mol. The molecule has 1 unspecified atom stereocenters. The van der Waals surface area contributed by atoms with Crippen LogP contribution in [0.3, 0.4) is 0 Å². The van der Waals surface area contributed by atoms with Gasteiger partial charge in [0.05, 0.1) is 5.56 Å². The third kappa shape index (κ3) is 3.95. The summed E-state index contributed by atoms with van der Waals surface area (Å²) >= 11 is 0. The molecule has 0 aliphatic carbocycles. The van der Waals surface area contributed by atoms with E-state index < -0.39 is 5.97 Å². The van der Waals surface area contributed by atoms with E-state index in [2.05, 4.69) is 11.9 Å². The molecule has 0 radical (unpaired) electrons. The summed E-state index contributed by atoms with van der Waals surface area (Å²) in [6.45, 7) is 11.1. The molecule has 4 heteroatoms. The molecule has 108 valence electrons. The molecule has 0 spiro atoms. The molecule has 0 aliphatic heterocycles. The Hall–Kier alpha value is -2.10. The number of carboxylic acid groups (broad SMARTS) is 1. The molecule has 1 rings (SSSR count). The molecule has 0 saturated carbocycles. The van der Waals surface area contributed by atoms with E-state index in [1.807, 2.05) is 20.8 Å². The number of benzene rings is 1. The lowest BCUT2D eigenvalue weighted by molar-refractivity contribution is -0.119. The second kappa shape index (κ2) is 6.37. The number of nitrogens with one attached hydrogen (secondary N) is 1. The first-order valence-electron chi connectivity index (χ1n) is 6.52. The number of hydrogen-bond acceptors (Lipinski definition) is 2. The Morgan fingerprint density at radius 3 is 2.40 bits per heavy atom. The van der Waals surface area contributed by atoms with Crippen molar-refractivity contribution in [2.75, 3.05) is 5.32 Å². The van der Waals surface area contributed by atoms with Crippen LogP contribution in [0.15, 0.2) is 24.3 Å². The number of hydrogen-bond donors (Lipinski definition) is 2. The van der Waals surface area contributed by atoms with Crippen LogP contribution in [-0.4, -0.2) is 17.0 Å². The van der Waals surface area contributed by atoms with Gasteiger partial charge in [0, 0.05) is 11.6 Å². The standard InChI is InChI=1S/C16H21NO3/c1-9(2)6-12(5)15(18)17-14-8-13(16(19)20)10(3)7-11(14)4/h7-8,12H,1,6H2,2-5H3,(H,17,18)(H,19,20). The maximum absolute atomic E-state index is 12.1. The minimum absolute atomic E-state index is 0.128. The minimum Gasteiger partial charge on any atom is -0.478 e. The van der Waals surface area contributed by atoms with Crippen LogP contribution in [0, 0.1) is 19.8 Å². The van der Waals surface area contributed by atoms with Gasteiger partial charge in [0.2, 0.25) is 5.91 Å². The van der Waals surface area contributed by atoms with Gasteiger partial charge in [0.1, 0.15) is 0 Å². The summed E-state index contributed by atoms with van der Waals surface area (Å²) in [5.41, 5.74) is 3.23. The Labute approximate surface area is 119 Å². The lowest BCUT2D eigenvalue weighted by atomic mass is 10.0. The van der Waals surface area contributed by atoms with E-state index in [1.54, 1.807) is 13.0 Å². The molecular weight excluding hydrogens is 254 g/mol. The van der Waals surface area contributed by atoms with Crippen LogP contribution in [0.25, 0.3) is 0 Å². The van der Waals surface area contributed by atoms with Crippen molar-refractivity contribution in [2.45, 2.75) is 34.1 Å². The fraction of sp³-hybridized carbons (Fsp3) is 0.375. The number of aryl methyl sites for hydroxylation is 2. The Morgan fingerprint density at radius 1 is 1.30 bits per heavy atom. The SMILES string of the molecule is C=C(C)CC(C)C(=O)Nc1cc(C(=O)O)c(C)cc1C. The molecule has 1 aromatic rings. The van der Waals surface area contributed by atoms with Gasteiger partial charge in [-0.1, -0.05) is 18.6 Å². The van der Waals surface area contributed by atoms with Crippen molar-refractivity contribution in [3.63, 3.8) is 0 Å². The average Bonchev–Trinajstić information content (AvgIpc) is 2.30. The summed E-state index contributed by atoms with van der Waals surface area (Å²) in [7, 11) is 0. The number of amides is 1. The molecule has 1 atom stereocenters. The van der Waals surface area contributed by atoms with Crippen LogP contribution in [0.1, 0.15) is 41.8 Å². The molecular formula is C16H21NO3. The van der Waals surface area contributed by atoms with Crippen molar-refractivity contribution in [1.82, 2.24) is 0 Å². The summed E-state index contributed by atoms with van der Waals surface area (Å²) in [6.07, 6.45) is 0.614. The van der Waals surface area contributed by atoms with Gasteiger partial charge >= 0.3 is 5.97 Å². The van der Waals surface area contributed by atoms with Crippen LogP contribution < -0.4 is 5.32 Å². The van der Waals surface area contributed by atoms with E-state index in [0.29, 0.717) is 17.7 Å². The Balaban J connectivity index is 2.97. The summed E-state index contributed by atoms with van der Waals surface area (Å²) in [5.74, 6) is -1.31. The van der Waals surface area contributed by atoms with E-state index in [9.17, 15) is 9.59 Å². The van der Waals surface area contributed by atoms with Crippen LogP contribution in [0.5, 0.6) is 0 Å². The zero-order valence-corrected chi connectivity index (χ0v) is 12.4. The number of anilines is 1. The molecule has 0 aromatic heterocycles. The first kappa shape index (κ1) is 16.0. The zero-order chi connectivity index (χ0) is 15.4. The van der Waals surface area contributed by atoms with Gasteiger partial charge in [0.25, 0.3) is 0 Å². The van der Waals surface area contributed by atoms with Gasteiger partial charge in [0.15, 0.2) is 0 Å². The van der Waals surface area contributed by atoms with E-state index >= 15 is 0 Å². The van der Waals surface area contributed by atoms with Crippen molar-refractivity contribution >= 4 is 17.6 Å². The van der Waals surface area contributed by atoms with E-state index in [0.717, 1.165) is 11.1 Å². The highest BCUT2D eigenvalue weighted by atomic mass is 16.4. The smallest absolute Gasteiger partial charge is 0.336 e. The number of aromatic carboxylic acids is 1. The Morgan fingerprint density at radius 2 is 1.90 bits per heavy atom. The lowest BCUT2D eigenvalue weighted by Gasteiger charge is -2.15. The molecule has 1 aromatic carbocycles. The number of carbonyl (C=O) groups is 2. The number of allylic oxidation sites excluding steroid dienone is 1. The van der Waals surface area contributed by atoms with Gasteiger partial charge in [-0.3, -0.25) is 4.79 Å². The molecule has 0 saturated heterocycles. The molecule has 4 nitrogen and oxygen atoms in total. The van der Waals surface area contributed by atoms with Crippen molar-refractivity contribution < 1.29 is 14.7 Å². The van der Waals surface area contributed by atoms with Crippen LogP contribution in [0.4, 0.5) is 5.69 Å². The molecule has 0 fully saturated rings. The summed E-state index contributed by atoms with van der Waals surface area (Å²) in [4.78, 5) is 23.2. The predicted molar refractivity (Wildman–Crippen MR) is 80.1 cm³/mol. The van der Waals surface area contributed by atoms with E-state index in [1.165, 1.54) is 6.07 Å². The second-order valence-electron chi connectivity index (χ2n) is 5.34. The van der Waals surface area contributed by atoms with Crippen LogP contribution in [-0.2, 0) is 4.79 Å². The number of carbonyl (C=O) groups excluding carboxylic acids is 1. The first-order chi connectivity index (χ1) is 9.22. The normalized spacial score (nSPS) is 11.8. The number of rotatable bonds is 5. The minimum atomic E-state index is -0.993. The van der Waals surface area contributed by atoms with Gasteiger partial charge in [-0.2, -0.15) is 0 Å². The van der Waals surface area contributed by atoms with Gasteiger partial charge in [-0.25, -0.2) is 4.79 Å². The topological polar surface area (TPSA) is 66.4 Å². The Kier molecular flexibility index (Phi) is 5.08. The fourth-order valence-electron chi connectivity index (χ4n) is 2.09. The molecule has 0 aliphatic rings. The zero-order valence-electron chi connectivity index (χ0n) is 12.4. The molecule has 1 amide bonds. The third-order valence-electron chi connectivity index (χ3n) is 3.16. The molecule has 2 N–H and O–H groups in total. The van der Waals surface area contributed by atoms with Crippen molar-refractivity contribution in [3.8, 4) is 0 Å². The summed E-state index contributed by atoms with van der Waals surface area (Å²) < 4.78 is 0.